The van der Waals surface area contributed by atoms with Gasteiger partial charge in [-0.05, 0) is 13.0 Å². The first-order valence-electron chi connectivity index (χ1n) is 5.64. The molecule has 1 N–H and O–H groups in total. The van der Waals surface area contributed by atoms with Gasteiger partial charge in [0.15, 0.2) is 0 Å². The van der Waals surface area contributed by atoms with Crippen LogP contribution in [0.4, 0.5) is 0 Å². The van der Waals surface area contributed by atoms with Gasteiger partial charge in [0.1, 0.15) is 5.69 Å². The minimum atomic E-state index is -1.04. The topological polar surface area (TPSA) is 80.4 Å². The lowest BCUT2D eigenvalue weighted by Gasteiger charge is -2.02. The number of carboxylic acids is 1. The molecule has 0 bridgehead atoms. The molecule has 0 aliphatic rings. The summed E-state index contributed by atoms with van der Waals surface area (Å²) in [7, 11) is 0. The third-order valence-electron chi connectivity index (χ3n) is 2.75. The number of nitrogens with zero attached hydrogens (tertiary/aromatic N) is 4. The number of hydrogen-bond acceptors (Lipinski definition) is 4. The van der Waals surface area contributed by atoms with Gasteiger partial charge in [0.25, 0.3) is 0 Å². The van der Waals surface area contributed by atoms with Gasteiger partial charge in [-0.3, -0.25) is 4.40 Å². The Morgan fingerprint density at radius 3 is 2.63 bits per heavy atom. The van der Waals surface area contributed by atoms with Crippen molar-refractivity contribution in [3.05, 3.63) is 48.3 Å². The lowest BCUT2D eigenvalue weighted by atomic mass is 10.1. The van der Waals surface area contributed by atoms with Gasteiger partial charge in [-0.2, -0.15) is 0 Å². The van der Waals surface area contributed by atoms with E-state index >= 15 is 0 Å². The number of carboxylic acid groups (broad SMARTS) is 1. The normalized spacial score (nSPS) is 10.8. The van der Waals surface area contributed by atoms with Gasteiger partial charge in [-0.25, -0.2) is 19.7 Å². The number of aromatic carboxylic acids is 1. The Morgan fingerprint density at radius 2 is 1.95 bits per heavy atom. The van der Waals surface area contributed by atoms with Crippen molar-refractivity contribution in [2.75, 3.05) is 0 Å². The minimum Gasteiger partial charge on any atom is -0.477 e. The maximum Gasteiger partial charge on any atom is 0.354 e. The van der Waals surface area contributed by atoms with E-state index < -0.39 is 5.97 Å². The minimum absolute atomic E-state index is 0.0243. The van der Waals surface area contributed by atoms with Gasteiger partial charge >= 0.3 is 5.97 Å². The van der Waals surface area contributed by atoms with Crippen molar-refractivity contribution in [3.8, 4) is 11.1 Å². The summed E-state index contributed by atoms with van der Waals surface area (Å²) < 4.78 is 1.83. The highest BCUT2D eigenvalue weighted by Gasteiger charge is 2.06. The Labute approximate surface area is 108 Å². The lowest BCUT2D eigenvalue weighted by molar-refractivity contribution is 0.0690. The molecule has 0 aliphatic carbocycles. The molecule has 0 aromatic carbocycles. The number of aromatic nitrogens is 4. The fourth-order valence-corrected chi connectivity index (χ4v) is 1.84. The van der Waals surface area contributed by atoms with E-state index in [1.807, 2.05) is 23.7 Å². The van der Waals surface area contributed by atoms with Crippen LogP contribution in [0.1, 0.15) is 16.2 Å². The molecule has 6 heteroatoms. The van der Waals surface area contributed by atoms with Crippen molar-refractivity contribution in [2.45, 2.75) is 6.92 Å². The molecular weight excluding hydrogens is 244 g/mol. The zero-order valence-corrected chi connectivity index (χ0v) is 10.1. The van der Waals surface area contributed by atoms with Gasteiger partial charge in [-0.15, -0.1) is 0 Å². The maximum absolute atomic E-state index is 10.7. The first-order valence-corrected chi connectivity index (χ1v) is 5.64. The molecule has 0 radical (unpaired) electrons. The summed E-state index contributed by atoms with van der Waals surface area (Å²) in [5, 5.41) is 8.80. The van der Waals surface area contributed by atoms with Crippen molar-refractivity contribution < 1.29 is 9.90 Å². The Bertz CT molecular complexity index is 762. The fraction of sp³-hybridized carbons (Fsp3) is 0.0769. The number of pyridine rings is 1. The van der Waals surface area contributed by atoms with Gasteiger partial charge in [-0.1, -0.05) is 6.07 Å². The fourth-order valence-electron chi connectivity index (χ4n) is 1.84. The van der Waals surface area contributed by atoms with Crippen molar-refractivity contribution in [2.24, 2.45) is 0 Å². The van der Waals surface area contributed by atoms with Crippen LogP contribution in [0.5, 0.6) is 0 Å². The largest absolute Gasteiger partial charge is 0.477 e. The van der Waals surface area contributed by atoms with Crippen molar-refractivity contribution >= 4 is 11.7 Å². The molecular formula is C13H10N4O2. The van der Waals surface area contributed by atoms with Crippen LogP contribution in [0.3, 0.4) is 0 Å². The van der Waals surface area contributed by atoms with Gasteiger partial charge in [0, 0.05) is 35.9 Å². The molecule has 0 saturated carbocycles. The highest BCUT2D eigenvalue weighted by Crippen LogP contribution is 2.18. The van der Waals surface area contributed by atoms with Gasteiger partial charge in [0.05, 0.1) is 5.69 Å². The van der Waals surface area contributed by atoms with Crippen LogP contribution in [-0.4, -0.2) is 30.4 Å². The predicted octanol–water partition coefficient (Wildman–Crippen LogP) is 1.80. The Morgan fingerprint density at radius 1 is 1.16 bits per heavy atom. The summed E-state index contributed by atoms with van der Waals surface area (Å²) in [6, 6.07) is 3.18. The van der Waals surface area contributed by atoms with Crippen molar-refractivity contribution in [1.29, 1.82) is 0 Å². The summed E-state index contributed by atoms with van der Waals surface area (Å²) in [4.78, 5) is 23.1. The summed E-state index contributed by atoms with van der Waals surface area (Å²) in [5.74, 6) is -0.401. The zero-order chi connectivity index (χ0) is 13.4. The van der Waals surface area contributed by atoms with E-state index in [2.05, 4.69) is 15.0 Å². The molecule has 0 unspecified atom stereocenters. The lowest BCUT2D eigenvalue weighted by Crippen LogP contribution is -1.99. The second kappa shape index (κ2) is 4.16. The highest BCUT2D eigenvalue weighted by molar-refractivity contribution is 5.85. The molecule has 19 heavy (non-hydrogen) atoms. The summed E-state index contributed by atoms with van der Waals surface area (Å²) >= 11 is 0. The van der Waals surface area contributed by atoms with Crippen LogP contribution in [0.15, 0.2) is 36.9 Å². The summed E-state index contributed by atoms with van der Waals surface area (Å²) in [6.45, 7) is 1.90. The molecule has 6 nitrogen and oxygen atoms in total. The third-order valence-corrected chi connectivity index (χ3v) is 2.75. The van der Waals surface area contributed by atoms with E-state index in [4.69, 9.17) is 5.11 Å². The Hall–Kier alpha value is -2.76. The molecule has 3 aromatic rings. The molecule has 3 heterocycles. The van der Waals surface area contributed by atoms with Crippen LogP contribution in [0.25, 0.3) is 16.9 Å². The monoisotopic (exact) mass is 254 g/mol. The first kappa shape index (κ1) is 11.3. The van der Waals surface area contributed by atoms with Crippen LogP contribution in [0, 0.1) is 6.92 Å². The van der Waals surface area contributed by atoms with E-state index in [1.165, 1.54) is 12.3 Å². The molecule has 3 aromatic heterocycles. The smallest absolute Gasteiger partial charge is 0.354 e. The van der Waals surface area contributed by atoms with E-state index in [0.717, 1.165) is 16.8 Å². The number of fused-ring (bicyclic) bond motifs is 1. The second-order valence-corrected chi connectivity index (χ2v) is 4.17. The number of aryl methyl sites for hydroxylation is 1. The van der Waals surface area contributed by atoms with Crippen molar-refractivity contribution in [1.82, 2.24) is 19.4 Å². The standard InChI is InChI=1S/C13H10N4O2/c1-8-6-17-7-10(5-15-13(17)16-8)9-2-3-11(12(18)19)14-4-9/h2-7H,1H3,(H,18,19). The average molecular weight is 254 g/mol. The Kier molecular flexibility index (Phi) is 2.49. The Balaban J connectivity index is 2.05. The van der Waals surface area contributed by atoms with Gasteiger partial charge < -0.3 is 5.11 Å². The molecule has 0 aliphatic heterocycles. The average Bonchev–Trinajstić information content (AvgIpc) is 2.77. The van der Waals surface area contributed by atoms with Crippen LogP contribution in [-0.2, 0) is 0 Å². The highest BCUT2D eigenvalue weighted by atomic mass is 16.4. The molecule has 94 valence electrons. The van der Waals surface area contributed by atoms with E-state index in [1.54, 1.807) is 12.3 Å². The molecule has 3 rings (SSSR count). The predicted molar refractivity (Wildman–Crippen MR) is 67.9 cm³/mol. The number of imidazole rings is 1. The zero-order valence-electron chi connectivity index (χ0n) is 10.1. The third kappa shape index (κ3) is 2.03. The molecule has 0 atom stereocenters. The summed E-state index contributed by atoms with van der Waals surface area (Å²) in [6.07, 6.45) is 6.99. The van der Waals surface area contributed by atoms with Gasteiger partial charge in [0.2, 0.25) is 5.78 Å². The number of hydrogen-bond donors (Lipinski definition) is 1. The quantitative estimate of drug-likeness (QED) is 0.754. The number of rotatable bonds is 2. The molecule has 0 fully saturated rings. The van der Waals surface area contributed by atoms with Crippen LogP contribution >= 0.6 is 0 Å². The first-order chi connectivity index (χ1) is 9.13. The summed E-state index contributed by atoms with van der Waals surface area (Å²) in [5.41, 5.74) is 2.58. The van der Waals surface area contributed by atoms with Crippen LogP contribution in [0.2, 0.25) is 0 Å². The SMILES string of the molecule is Cc1cn2cc(-c3ccc(C(=O)O)nc3)cnc2n1. The van der Waals surface area contributed by atoms with E-state index in [0.29, 0.717) is 5.78 Å². The number of carbonyl (C=O) groups is 1. The molecule has 0 spiro atoms. The maximum atomic E-state index is 10.7. The van der Waals surface area contributed by atoms with E-state index in [-0.39, 0.29) is 5.69 Å². The second-order valence-electron chi connectivity index (χ2n) is 4.17. The van der Waals surface area contributed by atoms with Crippen molar-refractivity contribution in [3.63, 3.8) is 0 Å². The van der Waals surface area contributed by atoms with Crippen LogP contribution < -0.4 is 0 Å². The molecule has 0 saturated heterocycles. The van der Waals surface area contributed by atoms with E-state index in [9.17, 15) is 4.79 Å². The molecule has 0 amide bonds.